The molecule has 2 nitrogen and oxygen atoms in total. The zero-order valence-corrected chi connectivity index (χ0v) is 10.6. The van der Waals surface area contributed by atoms with Gasteiger partial charge in [0, 0.05) is 29.1 Å². The minimum Gasteiger partial charge on any atom is -0.358 e. The number of aromatic amines is 1. The van der Waals surface area contributed by atoms with Crippen LogP contribution >= 0.6 is 0 Å². The Morgan fingerprint density at radius 1 is 1.35 bits per heavy atom. The number of nitrogens with two attached hydrogens (primary N) is 1. The average Bonchev–Trinajstić information content (AvgIpc) is 2.73. The van der Waals surface area contributed by atoms with Crippen molar-refractivity contribution in [2.45, 2.75) is 39.0 Å². The van der Waals surface area contributed by atoms with Gasteiger partial charge in [-0.05, 0) is 49.8 Å². The molecular weight excluding hydrogens is 208 g/mol. The zero-order chi connectivity index (χ0) is 12.0. The Balaban J connectivity index is 2.29. The van der Waals surface area contributed by atoms with Crippen LogP contribution in [0.4, 0.5) is 0 Å². The van der Waals surface area contributed by atoms with Gasteiger partial charge >= 0.3 is 0 Å². The molecule has 2 heteroatoms. The smallest absolute Gasteiger partial charge is 0.0491 e. The van der Waals surface area contributed by atoms with E-state index >= 15 is 0 Å². The average molecular weight is 228 g/mol. The first-order valence-corrected chi connectivity index (χ1v) is 6.53. The van der Waals surface area contributed by atoms with Crippen LogP contribution < -0.4 is 5.73 Å². The van der Waals surface area contributed by atoms with Crippen LogP contribution in [0.3, 0.4) is 0 Å². The second kappa shape index (κ2) is 3.88. The van der Waals surface area contributed by atoms with Crippen LogP contribution in [-0.2, 0) is 6.42 Å². The normalized spacial score (nSPS) is 19.6. The highest BCUT2D eigenvalue weighted by Gasteiger charge is 2.23. The Labute approximate surface area is 102 Å². The van der Waals surface area contributed by atoms with E-state index in [0.29, 0.717) is 5.92 Å². The fraction of sp³-hybridized carbons (Fsp3) is 0.467. The van der Waals surface area contributed by atoms with Crippen LogP contribution in [0.5, 0.6) is 0 Å². The zero-order valence-electron chi connectivity index (χ0n) is 10.6. The van der Waals surface area contributed by atoms with Crippen molar-refractivity contribution in [2.75, 3.05) is 6.54 Å². The van der Waals surface area contributed by atoms with Crippen LogP contribution in [0.1, 0.15) is 41.1 Å². The second-order valence-electron chi connectivity index (χ2n) is 5.27. The summed E-state index contributed by atoms with van der Waals surface area (Å²) < 4.78 is 0. The van der Waals surface area contributed by atoms with Gasteiger partial charge in [-0.1, -0.05) is 12.1 Å². The first kappa shape index (κ1) is 10.8. The van der Waals surface area contributed by atoms with Gasteiger partial charge in [0.05, 0.1) is 0 Å². The van der Waals surface area contributed by atoms with Gasteiger partial charge in [-0.15, -0.1) is 0 Å². The van der Waals surface area contributed by atoms with Crippen molar-refractivity contribution < 1.29 is 0 Å². The first-order valence-electron chi connectivity index (χ1n) is 6.53. The molecule has 0 aliphatic heterocycles. The fourth-order valence-corrected chi connectivity index (χ4v) is 3.11. The van der Waals surface area contributed by atoms with E-state index in [1.165, 1.54) is 52.5 Å². The van der Waals surface area contributed by atoms with Crippen molar-refractivity contribution >= 4 is 10.9 Å². The van der Waals surface area contributed by atoms with Crippen LogP contribution in [0.15, 0.2) is 12.1 Å². The summed E-state index contributed by atoms with van der Waals surface area (Å²) in [5.74, 6) is 0.533. The molecule has 1 unspecified atom stereocenters. The molecule has 1 aliphatic carbocycles. The van der Waals surface area contributed by atoms with E-state index < -0.39 is 0 Å². The van der Waals surface area contributed by atoms with Gasteiger partial charge in [0.15, 0.2) is 0 Å². The van der Waals surface area contributed by atoms with E-state index in [4.69, 9.17) is 5.73 Å². The highest BCUT2D eigenvalue weighted by Crippen LogP contribution is 2.36. The number of nitrogens with one attached hydrogen (secondary N) is 1. The van der Waals surface area contributed by atoms with Crippen molar-refractivity contribution in [1.29, 1.82) is 0 Å². The molecule has 2 aromatic rings. The largest absolute Gasteiger partial charge is 0.358 e. The molecule has 1 aromatic heterocycles. The maximum Gasteiger partial charge on any atom is 0.0491 e. The molecule has 1 aromatic carbocycles. The lowest BCUT2D eigenvalue weighted by molar-refractivity contribution is 0.553. The number of H-pyrrole nitrogens is 1. The van der Waals surface area contributed by atoms with E-state index in [2.05, 4.69) is 31.0 Å². The lowest BCUT2D eigenvalue weighted by Crippen LogP contribution is -2.17. The Morgan fingerprint density at radius 2 is 2.18 bits per heavy atom. The van der Waals surface area contributed by atoms with Crippen molar-refractivity contribution in [1.82, 2.24) is 4.98 Å². The molecule has 1 atom stereocenters. The summed E-state index contributed by atoms with van der Waals surface area (Å²) >= 11 is 0. The molecule has 3 N–H and O–H groups in total. The Hall–Kier alpha value is -1.28. The molecule has 90 valence electrons. The van der Waals surface area contributed by atoms with Gasteiger partial charge in [-0.3, -0.25) is 0 Å². The second-order valence-corrected chi connectivity index (χ2v) is 5.27. The van der Waals surface area contributed by atoms with E-state index in [1.54, 1.807) is 0 Å². The van der Waals surface area contributed by atoms with Crippen LogP contribution in [0.25, 0.3) is 10.9 Å². The molecule has 1 heterocycles. The fourth-order valence-electron chi connectivity index (χ4n) is 3.11. The molecule has 1 aliphatic rings. The van der Waals surface area contributed by atoms with Crippen molar-refractivity contribution in [3.05, 3.63) is 34.5 Å². The molecule has 0 fully saturated rings. The third-order valence-corrected chi connectivity index (χ3v) is 4.32. The Kier molecular flexibility index (Phi) is 2.48. The number of aromatic nitrogens is 1. The summed E-state index contributed by atoms with van der Waals surface area (Å²) in [7, 11) is 0. The molecule has 0 radical (unpaired) electrons. The number of hydrogen-bond acceptors (Lipinski definition) is 1. The van der Waals surface area contributed by atoms with Gasteiger partial charge in [0.2, 0.25) is 0 Å². The first-order chi connectivity index (χ1) is 8.22. The van der Waals surface area contributed by atoms with Crippen LogP contribution in [-0.4, -0.2) is 11.5 Å². The van der Waals surface area contributed by atoms with Crippen molar-refractivity contribution in [3.63, 3.8) is 0 Å². The summed E-state index contributed by atoms with van der Waals surface area (Å²) in [5.41, 5.74) is 12.9. The van der Waals surface area contributed by atoms with Gasteiger partial charge in [0.1, 0.15) is 0 Å². The Bertz CT molecular complexity index is 566. The van der Waals surface area contributed by atoms with E-state index in [0.717, 1.165) is 6.54 Å². The quantitative estimate of drug-likeness (QED) is 0.773. The van der Waals surface area contributed by atoms with Gasteiger partial charge in [0.25, 0.3) is 0 Å². The third-order valence-electron chi connectivity index (χ3n) is 4.32. The van der Waals surface area contributed by atoms with Crippen LogP contribution in [0.2, 0.25) is 0 Å². The summed E-state index contributed by atoms with van der Waals surface area (Å²) in [5, 5.41) is 1.42. The minimum absolute atomic E-state index is 0.533. The number of rotatable bonds is 1. The lowest BCUT2D eigenvalue weighted by atomic mass is 9.86. The number of hydrogen-bond donors (Lipinski definition) is 2. The van der Waals surface area contributed by atoms with E-state index in [-0.39, 0.29) is 0 Å². The third kappa shape index (κ3) is 1.51. The monoisotopic (exact) mass is 228 g/mol. The molecule has 0 amide bonds. The molecular formula is C15H20N2. The molecule has 0 spiro atoms. The predicted octanol–water partition coefficient (Wildman–Crippen LogP) is 3.16. The SMILES string of the molecule is Cc1ccc2c3c([nH]c2c1C)C(CN)CCC3. The van der Waals surface area contributed by atoms with Gasteiger partial charge in [-0.2, -0.15) is 0 Å². The molecule has 17 heavy (non-hydrogen) atoms. The highest BCUT2D eigenvalue weighted by molar-refractivity contribution is 5.88. The minimum atomic E-state index is 0.533. The number of aryl methyl sites for hydroxylation is 3. The van der Waals surface area contributed by atoms with Gasteiger partial charge < -0.3 is 10.7 Å². The number of fused-ring (bicyclic) bond motifs is 3. The predicted molar refractivity (Wildman–Crippen MR) is 72.5 cm³/mol. The number of benzene rings is 1. The summed E-state index contributed by atoms with van der Waals surface area (Å²) in [6, 6.07) is 4.50. The summed E-state index contributed by atoms with van der Waals surface area (Å²) in [6.45, 7) is 5.14. The molecule has 0 saturated carbocycles. The lowest BCUT2D eigenvalue weighted by Gasteiger charge is -2.20. The molecule has 0 bridgehead atoms. The standard InChI is InChI=1S/C15H20N2/c1-9-6-7-13-12-5-3-4-11(8-16)15(12)17-14(13)10(9)2/h6-7,11,17H,3-5,8,16H2,1-2H3. The highest BCUT2D eigenvalue weighted by atomic mass is 14.8. The summed E-state index contributed by atoms with van der Waals surface area (Å²) in [6.07, 6.45) is 3.71. The van der Waals surface area contributed by atoms with Crippen LogP contribution in [0, 0.1) is 13.8 Å². The maximum absolute atomic E-state index is 5.89. The van der Waals surface area contributed by atoms with E-state index in [9.17, 15) is 0 Å². The van der Waals surface area contributed by atoms with E-state index in [1.807, 2.05) is 0 Å². The van der Waals surface area contributed by atoms with Gasteiger partial charge in [-0.25, -0.2) is 0 Å². The summed E-state index contributed by atoms with van der Waals surface area (Å²) in [4.78, 5) is 3.65. The van der Waals surface area contributed by atoms with Crippen molar-refractivity contribution in [2.24, 2.45) is 5.73 Å². The van der Waals surface area contributed by atoms with Crippen molar-refractivity contribution in [3.8, 4) is 0 Å². The molecule has 0 saturated heterocycles. The topological polar surface area (TPSA) is 41.8 Å². The molecule has 3 rings (SSSR count). The maximum atomic E-state index is 5.89. The Morgan fingerprint density at radius 3 is 2.94 bits per heavy atom.